The molecule has 1 unspecified atom stereocenters. The van der Waals surface area contributed by atoms with Gasteiger partial charge in [0.15, 0.2) is 0 Å². The molecule has 0 aromatic carbocycles. The number of nitrogens with one attached hydrogen (secondary N) is 1. The quantitative estimate of drug-likeness (QED) is 0.840. The molecule has 1 rings (SSSR count). The number of nitrogens with zero attached hydrogens (tertiary/aromatic N) is 2. The van der Waals surface area contributed by atoms with Crippen LogP contribution in [0.5, 0.6) is 0 Å². The first kappa shape index (κ1) is 19.7. The third-order valence-corrected chi connectivity index (χ3v) is 4.28. The number of rotatable bonds is 5. The van der Waals surface area contributed by atoms with Crippen molar-refractivity contribution in [1.29, 1.82) is 0 Å². The minimum Gasteiger partial charge on any atom is -0.444 e. The second-order valence-electron chi connectivity index (χ2n) is 7.27. The van der Waals surface area contributed by atoms with E-state index in [2.05, 4.69) is 17.1 Å². The van der Waals surface area contributed by atoms with Crippen molar-refractivity contribution in [2.75, 3.05) is 32.7 Å². The number of carbonyl (C=O) groups is 2. The van der Waals surface area contributed by atoms with E-state index in [9.17, 15) is 9.59 Å². The van der Waals surface area contributed by atoms with Crippen LogP contribution in [0.1, 0.15) is 48.0 Å². The van der Waals surface area contributed by atoms with Gasteiger partial charge >= 0.3 is 6.09 Å². The van der Waals surface area contributed by atoms with Crippen molar-refractivity contribution in [3.05, 3.63) is 0 Å². The molecule has 0 radical (unpaired) electrons. The number of carbonyl (C=O) groups excluding carboxylic acids is 2. The molecule has 2 amide bonds. The highest BCUT2D eigenvalue weighted by atomic mass is 16.6. The van der Waals surface area contributed by atoms with Gasteiger partial charge in [-0.25, -0.2) is 4.79 Å². The lowest BCUT2D eigenvalue weighted by Crippen LogP contribution is -2.57. The zero-order valence-electron chi connectivity index (χ0n) is 15.5. The molecule has 0 aromatic heterocycles. The Hall–Kier alpha value is -1.30. The van der Waals surface area contributed by atoms with E-state index in [0.717, 1.165) is 39.1 Å². The predicted molar refractivity (Wildman–Crippen MR) is 91.3 cm³/mol. The van der Waals surface area contributed by atoms with Gasteiger partial charge in [0.1, 0.15) is 11.6 Å². The molecule has 1 aliphatic rings. The van der Waals surface area contributed by atoms with Crippen molar-refractivity contribution in [3.63, 3.8) is 0 Å². The lowest BCUT2D eigenvalue weighted by atomic mass is 9.97. The third kappa shape index (κ3) is 6.37. The van der Waals surface area contributed by atoms with Crippen LogP contribution in [0.2, 0.25) is 0 Å². The van der Waals surface area contributed by atoms with E-state index in [1.807, 2.05) is 39.5 Å². The molecule has 134 valence electrons. The molecule has 0 aromatic rings. The number of hydrogen-bond acceptors (Lipinski definition) is 4. The second-order valence-corrected chi connectivity index (χ2v) is 7.27. The standard InChI is InChI=1S/C17H33N3O3/c1-7-13(3)14(18-16(22)23-17(4,5)6)15(21)20-11-9-19(8-2)10-12-20/h13-14H,7-12H2,1-6H3,(H,18,22)/t13?,14-/m0/s1. The van der Waals surface area contributed by atoms with Gasteiger partial charge in [-0.3, -0.25) is 4.79 Å². The molecular formula is C17H33N3O3. The van der Waals surface area contributed by atoms with Crippen LogP contribution < -0.4 is 5.32 Å². The fourth-order valence-electron chi connectivity index (χ4n) is 2.60. The van der Waals surface area contributed by atoms with Crippen molar-refractivity contribution >= 4 is 12.0 Å². The van der Waals surface area contributed by atoms with Gasteiger partial charge in [0.05, 0.1) is 0 Å². The minimum atomic E-state index is -0.570. The number of likely N-dealkylation sites (N-methyl/N-ethyl adjacent to an activating group) is 1. The van der Waals surface area contributed by atoms with Gasteiger partial charge in [0.25, 0.3) is 0 Å². The largest absolute Gasteiger partial charge is 0.444 e. The maximum atomic E-state index is 12.8. The molecule has 6 nitrogen and oxygen atoms in total. The van der Waals surface area contributed by atoms with Gasteiger partial charge in [-0.05, 0) is 33.2 Å². The van der Waals surface area contributed by atoms with Crippen LogP contribution in [0.15, 0.2) is 0 Å². The summed E-state index contributed by atoms with van der Waals surface area (Å²) < 4.78 is 5.31. The Morgan fingerprint density at radius 2 is 1.70 bits per heavy atom. The maximum Gasteiger partial charge on any atom is 0.408 e. The van der Waals surface area contributed by atoms with Crippen molar-refractivity contribution in [2.24, 2.45) is 5.92 Å². The summed E-state index contributed by atoms with van der Waals surface area (Å²) in [6, 6.07) is -0.525. The van der Waals surface area contributed by atoms with E-state index >= 15 is 0 Å². The minimum absolute atomic E-state index is 0.000891. The zero-order chi connectivity index (χ0) is 17.6. The molecule has 6 heteroatoms. The van der Waals surface area contributed by atoms with E-state index in [4.69, 9.17) is 4.74 Å². The van der Waals surface area contributed by atoms with Gasteiger partial charge in [0.2, 0.25) is 5.91 Å². The molecular weight excluding hydrogens is 294 g/mol. The summed E-state index contributed by atoms with van der Waals surface area (Å²) in [4.78, 5) is 29.1. The van der Waals surface area contributed by atoms with Crippen molar-refractivity contribution in [1.82, 2.24) is 15.1 Å². The van der Waals surface area contributed by atoms with Crippen LogP contribution in [-0.4, -0.2) is 66.2 Å². The highest BCUT2D eigenvalue weighted by molar-refractivity contribution is 5.86. The monoisotopic (exact) mass is 327 g/mol. The summed E-state index contributed by atoms with van der Waals surface area (Å²) in [6.07, 6.45) is 0.296. The Morgan fingerprint density at radius 3 is 2.13 bits per heavy atom. The molecule has 1 saturated heterocycles. The van der Waals surface area contributed by atoms with E-state index in [-0.39, 0.29) is 11.8 Å². The van der Waals surface area contributed by atoms with Gasteiger partial charge in [-0.1, -0.05) is 27.2 Å². The molecule has 0 spiro atoms. The van der Waals surface area contributed by atoms with Crippen LogP contribution in [0.25, 0.3) is 0 Å². The van der Waals surface area contributed by atoms with E-state index in [1.165, 1.54) is 0 Å². The summed E-state index contributed by atoms with van der Waals surface area (Å²) >= 11 is 0. The first-order valence-electron chi connectivity index (χ1n) is 8.68. The summed E-state index contributed by atoms with van der Waals surface area (Å²) in [5.41, 5.74) is -0.570. The second kappa shape index (κ2) is 8.52. The smallest absolute Gasteiger partial charge is 0.408 e. The van der Waals surface area contributed by atoms with Crippen LogP contribution in [0, 0.1) is 5.92 Å². The highest BCUT2D eigenvalue weighted by Crippen LogP contribution is 2.14. The molecule has 0 saturated carbocycles. The summed E-state index contributed by atoms with van der Waals surface area (Å²) in [5, 5.41) is 2.78. The Labute approximate surface area is 140 Å². The average molecular weight is 327 g/mol. The predicted octanol–water partition coefficient (Wildman–Crippen LogP) is 2.09. The van der Waals surface area contributed by atoms with Crippen LogP contribution >= 0.6 is 0 Å². The molecule has 1 aliphatic heterocycles. The molecule has 2 atom stereocenters. The Balaban J connectivity index is 2.70. The summed E-state index contributed by atoms with van der Waals surface area (Å²) in [6.45, 7) is 15.8. The molecule has 1 N–H and O–H groups in total. The van der Waals surface area contributed by atoms with Gasteiger partial charge in [0, 0.05) is 26.2 Å². The van der Waals surface area contributed by atoms with Crippen LogP contribution in [-0.2, 0) is 9.53 Å². The molecule has 1 fully saturated rings. The summed E-state index contributed by atoms with van der Waals surface area (Å²) in [5.74, 6) is 0.0696. The average Bonchev–Trinajstić information content (AvgIpc) is 2.49. The van der Waals surface area contributed by atoms with Gasteiger partial charge < -0.3 is 19.9 Å². The normalized spacial score (nSPS) is 19.1. The Bertz CT molecular complexity index is 398. The summed E-state index contributed by atoms with van der Waals surface area (Å²) in [7, 11) is 0. The first-order valence-corrected chi connectivity index (χ1v) is 8.68. The fourth-order valence-corrected chi connectivity index (χ4v) is 2.60. The first-order chi connectivity index (χ1) is 10.7. The van der Waals surface area contributed by atoms with Crippen LogP contribution in [0.3, 0.4) is 0 Å². The van der Waals surface area contributed by atoms with E-state index < -0.39 is 17.7 Å². The molecule has 23 heavy (non-hydrogen) atoms. The zero-order valence-corrected chi connectivity index (χ0v) is 15.5. The van der Waals surface area contributed by atoms with Crippen molar-refractivity contribution in [3.8, 4) is 0 Å². The fraction of sp³-hybridized carbons (Fsp3) is 0.882. The van der Waals surface area contributed by atoms with Gasteiger partial charge in [-0.2, -0.15) is 0 Å². The maximum absolute atomic E-state index is 12.8. The van der Waals surface area contributed by atoms with Crippen LogP contribution in [0.4, 0.5) is 4.79 Å². The lowest BCUT2D eigenvalue weighted by Gasteiger charge is -2.37. The number of ether oxygens (including phenoxy) is 1. The van der Waals surface area contributed by atoms with Crippen molar-refractivity contribution < 1.29 is 14.3 Å². The van der Waals surface area contributed by atoms with Crippen molar-refractivity contribution in [2.45, 2.75) is 59.6 Å². The highest BCUT2D eigenvalue weighted by Gasteiger charge is 2.32. The molecule has 0 bridgehead atoms. The lowest BCUT2D eigenvalue weighted by molar-refractivity contribution is -0.136. The Morgan fingerprint density at radius 1 is 1.13 bits per heavy atom. The number of hydrogen-bond donors (Lipinski definition) is 1. The molecule has 0 aliphatic carbocycles. The molecule has 1 heterocycles. The number of amides is 2. The SMILES string of the molecule is CCC(C)[C@H](NC(=O)OC(C)(C)C)C(=O)N1CCN(CC)CC1. The van der Waals surface area contributed by atoms with Gasteiger partial charge in [-0.15, -0.1) is 0 Å². The van der Waals surface area contributed by atoms with E-state index in [0.29, 0.717) is 0 Å². The topological polar surface area (TPSA) is 61.9 Å². The Kier molecular flexibility index (Phi) is 7.32. The number of alkyl carbamates (subject to hydrolysis) is 1. The van der Waals surface area contributed by atoms with E-state index in [1.54, 1.807) is 0 Å². The number of piperazine rings is 1. The third-order valence-electron chi connectivity index (χ3n) is 4.28.